The number of carbonyl (C=O) groups is 1. The van der Waals surface area contributed by atoms with Crippen molar-refractivity contribution in [2.24, 2.45) is 5.92 Å². The van der Waals surface area contributed by atoms with Crippen molar-refractivity contribution in [2.75, 3.05) is 18.4 Å². The summed E-state index contributed by atoms with van der Waals surface area (Å²) in [6, 6.07) is 9.92. The zero-order valence-corrected chi connectivity index (χ0v) is 13.8. The van der Waals surface area contributed by atoms with Crippen LogP contribution < -0.4 is 10.6 Å². The van der Waals surface area contributed by atoms with Crippen LogP contribution in [0.15, 0.2) is 41.0 Å². The fourth-order valence-electron chi connectivity index (χ4n) is 2.68. The highest BCUT2D eigenvalue weighted by Gasteiger charge is 2.21. The highest BCUT2D eigenvalue weighted by molar-refractivity contribution is 9.10. The molecular weight excluding hydrogens is 344 g/mol. The number of benzene rings is 1. The molecule has 0 radical (unpaired) electrons. The molecule has 116 valence electrons. The number of nitrogens with one attached hydrogen (secondary N) is 2. The van der Waals surface area contributed by atoms with Crippen molar-refractivity contribution in [1.29, 1.82) is 0 Å². The largest absolute Gasteiger partial charge is 0.316 e. The molecule has 1 amide bonds. The topological polar surface area (TPSA) is 59.0 Å². The van der Waals surface area contributed by atoms with Gasteiger partial charge >= 0.3 is 0 Å². The van der Waals surface area contributed by atoms with E-state index in [4.69, 9.17) is 0 Å². The average Bonchev–Trinajstić information content (AvgIpc) is 2.95. The summed E-state index contributed by atoms with van der Waals surface area (Å²) in [4.78, 5) is 12.3. The van der Waals surface area contributed by atoms with Crippen molar-refractivity contribution in [3.8, 4) is 0 Å². The van der Waals surface area contributed by atoms with Gasteiger partial charge in [0.2, 0.25) is 5.91 Å². The Morgan fingerprint density at radius 3 is 3.14 bits per heavy atom. The van der Waals surface area contributed by atoms with Crippen LogP contribution in [0, 0.1) is 5.92 Å². The van der Waals surface area contributed by atoms with Crippen LogP contribution in [-0.2, 0) is 11.3 Å². The van der Waals surface area contributed by atoms with Gasteiger partial charge in [0.25, 0.3) is 0 Å². The van der Waals surface area contributed by atoms with E-state index in [1.54, 1.807) is 6.20 Å². The van der Waals surface area contributed by atoms with Crippen molar-refractivity contribution in [2.45, 2.75) is 19.4 Å². The van der Waals surface area contributed by atoms with E-state index in [-0.39, 0.29) is 11.8 Å². The zero-order valence-electron chi connectivity index (χ0n) is 12.3. The first kappa shape index (κ1) is 15.2. The van der Waals surface area contributed by atoms with Crippen LogP contribution >= 0.6 is 15.9 Å². The van der Waals surface area contributed by atoms with Gasteiger partial charge in [-0.2, -0.15) is 5.10 Å². The third kappa shape index (κ3) is 3.75. The van der Waals surface area contributed by atoms with Crippen LogP contribution in [0.2, 0.25) is 0 Å². The lowest BCUT2D eigenvalue weighted by Gasteiger charge is -2.22. The first-order valence-electron chi connectivity index (χ1n) is 7.50. The molecule has 1 unspecified atom stereocenters. The third-order valence-electron chi connectivity index (χ3n) is 3.86. The Kier molecular flexibility index (Phi) is 4.90. The molecule has 22 heavy (non-hydrogen) atoms. The lowest BCUT2D eigenvalue weighted by atomic mass is 9.99. The molecule has 1 aromatic heterocycles. The number of hydrogen-bond acceptors (Lipinski definition) is 3. The van der Waals surface area contributed by atoms with Gasteiger partial charge in [-0.1, -0.05) is 28.1 Å². The van der Waals surface area contributed by atoms with Gasteiger partial charge in [-0.15, -0.1) is 0 Å². The fraction of sp³-hybridized carbons (Fsp3) is 0.375. The molecule has 2 aromatic rings. The molecule has 1 aliphatic heterocycles. The summed E-state index contributed by atoms with van der Waals surface area (Å²) in [7, 11) is 0. The molecule has 1 saturated heterocycles. The van der Waals surface area contributed by atoms with E-state index >= 15 is 0 Å². The molecule has 0 spiro atoms. The summed E-state index contributed by atoms with van der Waals surface area (Å²) in [5, 5.41) is 10.6. The number of piperidine rings is 1. The summed E-state index contributed by atoms with van der Waals surface area (Å²) in [6.07, 6.45) is 3.71. The smallest absolute Gasteiger partial charge is 0.229 e. The van der Waals surface area contributed by atoms with Gasteiger partial charge in [-0.05, 0) is 37.1 Å². The minimum atomic E-state index is 0.0444. The van der Waals surface area contributed by atoms with E-state index in [9.17, 15) is 4.79 Å². The molecule has 1 atom stereocenters. The summed E-state index contributed by atoms with van der Waals surface area (Å²) in [5.74, 6) is 0.863. The Balaban J connectivity index is 1.68. The third-order valence-corrected chi connectivity index (χ3v) is 4.35. The minimum absolute atomic E-state index is 0.0444. The second kappa shape index (κ2) is 7.07. The number of carbonyl (C=O) groups excluding carboxylic acids is 1. The highest BCUT2D eigenvalue weighted by Crippen LogP contribution is 2.17. The minimum Gasteiger partial charge on any atom is -0.316 e. The maximum Gasteiger partial charge on any atom is 0.229 e. The summed E-state index contributed by atoms with van der Waals surface area (Å²) in [6.45, 7) is 2.39. The molecule has 0 bridgehead atoms. The number of rotatable bonds is 4. The monoisotopic (exact) mass is 362 g/mol. The first-order valence-corrected chi connectivity index (χ1v) is 8.29. The number of aromatic nitrogens is 2. The van der Waals surface area contributed by atoms with Crippen molar-refractivity contribution in [3.05, 3.63) is 46.6 Å². The van der Waals surface area contributed by atoms with Gasteiger partial charge < -0.3 is 10.6 Å². The summed E-state index contributed by atoms with van der Waals surface area (Å²) in [5.41, 5.74) is 1.13. The standard InChI is InChI=1S/C16H19BrN4O/c17-14-5-1-3-12(9-14)11-21-15(6-8-19-21)20-16(22)13-4-2-7-18-10-13/h1,3,5-6,8-9,13,18H,2,4,7,10-11H2,(H,20,22). The lowest BCUT2D eigenvalue weighted by molar-refractivity contribution is -0.120. The van der Waals surface area contributed by atoms with Crippen LogP contribution in [0.5, 0.6) is 0 Å². The Hall–Kier alpha value is -1.66. The number of anilines is 1. The Labute approximate surface area is 138 Å². The normalized spacial score (nSPS) is 18.1. The molecule has 1 aromatic carbocycles. The Bertz CT molecular complexity index is 649. The molecule has 6 heteroatoms. The Morgan fingerprint density at radius 2 is 2.36 bits per heavy atom. The van der Waals surface area contributed by atoms with Gasteiger partial charge in [-0.3, -0.25) is 4.79 Å². The molecule has 2 heterocycles. The molecule has 1 fully saturated rings. The molecular formula is C16H19BrN4O. The second-order valence-electron chi connectivity index (χ2n) is 5.54. The number of hydrogen-bond donors (Lipinski definition) is 2. The molecule has 1 aliphatic rings. The lowest BCUT2D eigenvalue weighted by Crippen LogP contribution is -2.37. The number of halogens is 1. The predicted octanol–water partition coefficient (Wildman–Crippen LogP) is 2.63. The van der Waals surface area contributed by atoms with E-state index < -0.39 is 0 Å². The van der Waals surface area contributed by atoms with Gasteiger partial charge in [0, 0.05) is 17.1 Å². The Morgan fingerprint density at radius 1 is 1.45 bits per heavy atom. The van der Waals surface area contributed by atoms with Crippen molar-refractivity contribution in [1.82, 2.24) is 15.1 Å². The van der Waals surface area contributed by atoms with E-state index in [1.165, 1.54) is 0 Å². The molecule has 0 saturated carbocycles. The number of amides is 1. The van der Waals surface area contributed by atoms with Crippen LogP contribution in [-0.4, -0.2) is 28.8 Å². The van der Waals surface area contributed by atoms with Gasteiger partial charge in [0.05, 0.1) is 18.7 Å². The maximum atomic E-state index is 12.3. The van der Waals surface area contributed by atoms with Crippen molar-refractivity contribution < 1.29 is 4.79 Å². The molecule has 0 aliphatic carbocycles. The van der Waals surface area contributed by atoms with Crippen LogP contribution in [0.25, 0.3) is 0 Å². The predicted molar refractivity (Wildman–Crippen MR) is 89.7 cm³/mol. The van der Waals surface area contributed by atoms with E-state index in [0.717, 1.165) is 41.8 Å². The maximum absolute atomic E-state index is 12.3. The number of nitrogens with zero attached hydrogens (tertiary/aromatic N) is 2. The molecule has 3 rings (SSSR count). The zero-order chi connectivity index (χ0) is 15.4. The van der Waals surface area contributed by atoms with Crippen LogP contribution in [0.3, 0.4) is 0 Å². The van der Waals surface area contributed by atoms with Gasteiger partial charge in [0.1, 0.15) is 5.82 Å². The second-order valence-corrected chi connectivity index (χ2v) is 6.45. The highest BCUT2D eigenvalue weighted by atomic mass is 79.9. The quantitative estimate of drug-likeness (QED) is 0.878. The van der Waals surface area contributed by atoms with Crippen LogP contribution in [0.4, 0.5) is 5.82 Å². The SMILES string of the molecule is O=C(Nc1ccnn1Cc1cccc(Br)c1)C1CCCNC1. The first-order chi connectivity index (χ1) is 10.7. The van der Waals surface area contributed by atoms with E-state index in [2.05, 4.69) is 37.7 Å². The van der Waals surface area contributed by atoms with Crippen LogP contribution in [0.1, 0.15) is 18.4 Å². The fourth-order valence-corrected chi connectivity index (χ4v) is 3.12. The van der Waals surface area contributed by atoms with Crippen molar-refractivity contribution >= 4 is 27.7 Å². The average molecular weight is 363 g/mol. The van der Waals surface area contributed by atoms with Gasteiger partial charge in [-0.25, -0.2) is 4.68 Å². The van der Waals surface area contributed by atoms with E-state index in [0.29, 0.717) is 6.54 Å². The van der Waals surface area contributed by atoms with Gasteiger partial charge in [0.15, 0.2) is 0 Å². The summed E-state index contributed by atoms with van der Waals surface area (Å²) < 4.78 is 2.85. The van der Waals surface area contributed by atoms with Crippen molar-refractivity contribution in [3.63, 3.8) is 0 Å². The molecule has 2 N–H and O–H groups in total. The van der Waals surface area contributed by atoms with E-state index in [1.807, 2.05) is 28.9 Å². The molecule has 5 nitrogen and oxygen atoms in total. The summed E-state index contributed by atoms with van der Waals surface area (Å²) >= 11 is 3.47.